The number of ether oxygens (including phenoxy) is 1. The average molecular weight is 398 g/mol. The Morgan fingerprint density at radius 2 is 2.10 bits per heavy atom. The topological polar surface area (TPSA) is 80.1 Å². The highest BCUT2D eigenvalue weighted by Crippen LogP contribution is 2.39. The zero-order chi connectivity index (χ0) is 19.8. The van der Waals surface area contributed by atoms with Gasteiger partial charge in [-0.25, -0.2) is 20.4 Å². The molecule has 156 valence electrons. The molecule has 0 amide bonds. The van der Waals surface area contributed by atoms with E-state index in [0.717, 1.165) is 50.3 Å². The molecule has 8 nitrogen and oxygen atoms in total. The summed E-state index contributed by atoms with van der Waals surface area (Å²) in [6.45, 7) is 6.21. The van der Waals surface area contributed by atoms with E-state index in [4.69, 9.17) is 4.74 Å². The zero-order valence-electron chi connectivity index (χ0n) is 17.2. The van der Waals surface area contributed by atoms with Crippen molar-refractivity contribution in [1.82, 2.24) is 30.4 Å². The molecule has 1 saturated carbocycles. The van der Waals surface area contributed by atoms with Crippen LogP contribution >= 0.6 is 0 Å². The Labute approximate surface area is 172 Å². The van der Waals surface area contributed by atoms with E-state index in [1.807, 2.05) is 18.7 Å². The molecule has 2 aromatic rings. The van der Waals surface area contributed by atoms with Crippen LogP contribution in [0.1, 0.15) is 57.3 Å². The van der Waals surface area contributed by atoms with Crippen molar-refractivity contribution in [2.24, 2.45) is 5.92 Å². The van der Waals surface area contributed by atoms with Crippen molar-refractivity contribution in [3.05, 3.63) is 36.8 Å². The lowest BCUT2D eigenvalue weighted by Gasteiger charge is -2.34. The summed E-state index contributed by atoms with van der Waals surface area (Å²) in [6.07, 6.45) is 12.6. The Morgan fingerprint density at radius 3 is 2.93 bits per heavy atom. The summed E-state index contributed by atoms with van der Waals surface area (Å²) < 4.78 is 8.33. The van der Waals surface area contributed by atoms with Crippen LogP contribution in [-0.2, 0) is 4.74 Å². The van der Waals surface area contributed by atoms with Crippen molar-refractivity contribution in [3.63, 3.8) is 0 Å². The lowest BCUT2D eigenvalue weighted by atomic mass is 9.79. The van der Waals surface area contributed by atoms with Gasteiger partial charge in [0.25, 0.3) is 0 Å². The number of hydrogen-bond acceptors (Lipinski definition) is 7. The number of fused-ring (bicyclic) bond motifs is 1. The van der Waals surface area contributed by atoms with Crippen molar-refractivity contribution in [1.29, 1.82) is 0 Å². The minimum atomic E-state index is 0.201. The lowest BCUT2D eigenvalue weighted by Crippen LogP contribution is -2.38. The summed E-state index contributed by atoms with van der Waals surface area (Å²) in [5.41, 5.74) is 8.09. The van der Waals surface area contributed by atoms with Crippen molar-refractivity contribution in [2.45, 2.75) is 69.9 Å². The van der Waals surface area contributed by atoms with Crippen LogP contribution in [0.25, 0.3) is 0 Å². The molecule has 0 radical (unpaired) electrons. The highest BCUT2D eigenvalue weighted by Gasteiger charge is 2.42. The van der Waals surface area contributed by atoms with E-state index in [9.17, 15) is 0 Å². The fourth-order valence-corrected chi connectivity index (χ4v) is 5.20. The van der Waals surface area contributed by atoms with Crippen LogP contribution < -0.4 is 15.8 Å². The molecule has 2 saturated heterocycles. The van der Waals surface area contributed by atoms with E-state index < -0.39 is 0 Å². The van der Waals surface area contributed by atoms with Crippen LogP contribution in [0.2, 0.25) is 0 Å². The lowest BCUT2D eigenvalue weighted by molar-refractivity contribution is -0.0276. The maximum absolute atomic E-state index is 6.13. The van der Waals surface area contributed by atoms with Gasteiger partial charge in [0.1, 0.15) is 12.1 Å². The van der Waals surface area contributed by atoms with Gasteiger partial charge >= 0.3 is 0 Å². The van der Waals surface area contributed by atoms with Crippen LogP contribution in [0, 0.1) is 5.92 Å². The van der Waals surface area contributed by atoms with Crippen LogP contribution in [0.5, 0.6) is 0 Å². The number of rotatable bonds is 5. The first-order chi connectivity index (χ1) is 14.2. The molecule has 3 fully saturated rings. The third-order valence-corrected chi connectivity index (χ3v) is 6.59. The van der Waals surface area contributed by atoms with Gasteiger partial charge in [-0.1, -0.05) is 0 Å². The summed E-state index contributed by atoms with van der Waals surface area (Å²) in [4.78, 5) is 15.8. The molecule has 0 spiro atoms. The predicted octanol–water partition coefficient (Wildman–Crippen LogP) is 2.24. The largest absolute Gasteiger partial charge is 0.376 e. The second kappa shape index (κ2) is 8.01. The summed E-state index contributed by atoms with van der Waals surface area (Å²) in [7, 11) is 0. The molecule has 0 aromatic carbocycles. The first-order valence-electron chi connectivity index (χ1n) is 10.9. The van der Waals surface area contributed by atoms with E-state index in [1.54, 1.807) is 6.33 Å². The summed E-state index contributed by atoms with van der Waals surface area (Å²) in [6, 6.07) is 3.32. The predicted molar refractivity (Wildman–Crippen MR) is 110 cm³/mol. The molecule has 29 heavy (non-hydrogen) atoms. The Kier molecular flexibility index (Phi) is 5.24. The quantitative estimate of drug-likeness (QED) is 0.801. The van der Waals surface area contributed by atoms with Gasteiger partial charge < -0.3 is 14.2 Å². The Bertz CT molecular complexity index is 811. The number of nitrogens with one attached hydrogen (secondary N) is 2. The van der Waals surface area contributed by atoms with Gasteiger partial charge in [0.2, 0.25) is 0 Å². The van der Waals surface area contributed by atoms with Crippen molar-refractivity contribution < 1.29 is 4.74 Å². The third-order valence-electron chi connectivity index (χ3n) is 6.59. The fourth-order valence-electron chi connectivity index (χ4n) is 5.20. The van der Waals surface area contributed by atoms with Crippen LogP contribution in [-0.4, -0.2) is 50.9 Å². The van der Waals surface area contributed by atoms with Gasteiger partial charge in [-0.3, -0.25) is 5.43 Å². The van der Waals surface area contributed by atoms with Crippen molar-refractivity contribution in [2.75, 3.05) is 18.0 Å². The minimum absolute atomic E-state index is 0.201. The monoisotopic (exact) mass is 397 g/mol. The molecule has 2 aromatic heterocycles. The Balaban J connectivity index is 1.30. The minimum Gasteiger partial charge on any atom is -0.376 e. The van der Waals surface area contributed by atoms with E-state index >= 15 is 0 Å². The molecule has 1 aliphatic carbocycles. The molecular weight excluding hydrogens is 366 g/mol. The summed E-state index contributed by atoms with van der Waals surface area (Å²) >= 11 is 0. The standard InChI is InChI=1S/C21H31N7O/c1-14(2)29-16-3-4-18-17(9-16)21(26-25-18)19-10-20(24-12-23-19)27-7-5-15(11-27)28-8-6-22-13-28/h6,8,10,12-18,21,25-26H,3-5,7,9,11H2,1-2H3. The first-order valence-corrected chi connectivity index (χ1v) is 10.9. The number of hydrogen-bond donors (Lipinski definition) is 2. The number of nitrogens with zero attached hydrogens (tertiary/aromatic N) is 5. The zero-order valence-corrected chi connectivity index (χ0v) is 17.2. The van der Waals surface area contributed by atoms with E-state index in [-0.39, 0.29) is 12.1 Å². The Hall–Kier alpha value is -2.03. The number of hydrazine groups is 1. The summed E-state index contributed by atoms with van der Waals surface area (Å²) in [5.74, 6) is 1.51. The SMILES string of the molecule is CC(C)OC1CCC2NNC(c3cc(N4CCC(n5ccnc5)C4)ncn3)C2C1. The molecule has 8 heteroatoms. The van der Waals surface area contributed by atoms with Crippen molar-refractivity contribution >= 4 is 5.82 Å². The fraction of sp³-hybridized carbons (Fsp3) is 0.667. The van der Waals surface area contributed by atoms with Gasteiger partial charge in [-0.2, -0.15) is 0 Å². The molecule has 5 unspecified atom stereocenters. The van der Waals surface area contributed by atoms with Gasteiger partial charge in [0.05, 0.1) is 36.3 Å². The van der Waals surface area contributed by atoms with Gasteiger partial charge in [0.15, 0.2) is 0 Å². The van der Waals surface area contributed by atoms with Crippen LogP contribution in [0.3, 0.4) is 0 Å². The number of aromatic nitrogens is 4. The normalized spacial score (nSPS) is 32.1. The van der Waals surface area contributed by atoms with Gasteiger partial charge in [0, 0.05) is 43.5 Å². The second-order valence-corrected chi connectivity index (χ2v) is 8.86. The maximum Gasteiger partial charge on any atom is 0.132 e. The summed E-state index contributed by atoms with van der Waals surface area (Å²) in [5, 5.41) is 0. The van der Waals surface area contributed by atoms with Gasteiger partial charge in [-0.15, -0.1) is 0 Å². The first kappa shape index (κ1) is 19.0. The molecule has 2 N–H and O–H groups in total. The Morgan fingerprint density at radius 1 is 1.17 bits per heavy atom. The van der Waals surface area contributed by atoms with E-state index in [0.29, 0.717) is 24.1 Å². The average Bonchev–Trinajstić information content (AvgIpc) is 3.47. The number of anilines is 1. The van der Waals surface area contributed by atoms with Crippen molar-refractivity contribution in [3.8, 4) is 0 Å². The molecule has 5 atom stereocenters. The smallest absolute Gasteiger partial charge is 0.132 e. The number of imidazole rings is 1. The molecule has 3 aliphatic rings. The molecule has 2 aliphatic heterocycles. The molecular formula is C21H31N7O. The highest BCUT2D eigenvalue weighted by atomic mass is 16.5. The van der Waals surface area contributed by atoms with Crippen LogP contribution in [0.4, 0.5) is 5.82 Å². The molecule has 0 bridgehead atoms. The highest BCUT2D eigenvalue weighted by molar-refractivity contribution is 5.41. The van der Waals surface area contributed by atoms with Crippen LogP contribution in [0.15, 0.2) is 31.1 Å². The third kappa shape index (κ3) is 3.89. The van der Waals surface area contributed by atoms with E-state index in [1.165, 1.54) is 0 Å². The maximum atomic E-state index is 6.13. The molecule has 5 rings (SSSR count). The molecule has 4 heterocycles. The van der Waals surface area contributed by atoms with Gasteiger partial charge in [-0.05, 0) is 39.5 Å². The van der Waals surface area contributed by atoms with E-state index in [2.05, 4.69) is 55.2 Å². The second-order valence-electron chi connectivity index (χ2n) is 8.86.